The van der Waals surface area contributed by atoms with Crippen LogP contribution in [0, 0.1) is 6.92 Å². The van der Waals surface area contributed by atoms with Crippen LogP contribution in [0.2, 0.25) is 0 Å². The molecule has 0 saturated carbocycles. The lowest BCUT2D eigenvalue weighted by Crippen LogP contribution is -2.08. The van der Waals surface area contributed by atoms with E-state index in [2.05, 4.69) is 15.5 Å². The first-order valence-electron chi connectivity index (χ1n) is 9.31. The van der Waals surface area contributed by atoms with E-state index in [9.17, 15) is 9.59 Å². The van der Waals surface area contributed by atoms with Crippen LogP contribution >= 0.6 is 11.3 Å². The number of esters is 2. The highest BCUT2D eigenvalue weighted by molar-refractivity contribution is 7.13. The summed E-state index contributed by atoms with van der Waals surface area (Å²) in [5.41, 5.74) is 5.69. The number of thiazole rings is 1. The minimum absolute atomic E-state index is 0.129. The zero-order chi connectivity index (χ0) is 21.3. The summed E-state index contributed by atoms with van der Waals surface area (Å²) >= 11 is 1.34. The smallest absolute Gasteiger partial charge is 0.343 e. The van der Waals surface area contributed by atoms with Crippen molar-refractivity contribution in [2.24, 2.45) is 5.10 Å². The second-order valence-corrected chi connectivity index (χ2v) is 7.19. The number of nitrogens with one attached hydrogen (secondary N) is 1. The van der Waals surface area contributed by atoms with Gasteiger partial charge in [-0.15, -0.1) is 11.3 Å². The number of carbonyl (C=O) groups is 2. The fourth-order valence-electron chi connectivity index (χ4n) is 2.56. The highest BCUT2D eigenvalue weighted by Gasteiger charge is 2.09. The molecule has 7 nitrogen and oxygen atoms in total. The van der Waals surface area contributed by atoms with E-state index in [1.165, 1.54) is 11.3 Å². The minimum atomic E-state index is -0.414. The molecule has 0 unspecified atom stereocenters. The zero-order valence-electron chi connectivity index (χ0n) is 16.6. The predicted molar refractivity (Wildman–Crippen MR) is 116 cm³/mol. The molecule has 1 aromatic heterocycles. The van der Waals surface area contributed by atoms with Crippen molar-refractivity contribution < 1.29 is 19.1 Å². The van der Waals surface area contributed by atoms with Crippen molar-refractivity contribution in [1.82, 2.24) is 4.98 Å². The number of hydrogen-bond acceptors (Lipinski definition) is 8. The molecule has 0 atom stereocenters. The van der Waals surface area contributed by atoms with Gasteiger partial charge in [0.15, 0.2) is 0 Å². The summed E-state index contributed by atoms with van der Waals surface area (Å²) in [7, 11) is 0. The molecule has 0 aliphatic rings. The third kappa shape index (κ3) is 6.25. The molecule has 8 heteroatoms. The van der Waals surface area contributed by atoms with E-state index in [1.807, 2.05) is 25.1 Å². The van der Waals surface area contributed by atoms with Gasteiger partial charge >= 0.3 is 11.9 Å². The number of hydrazone groups is 1. The lowest BCUT2D eigenvalue weighted by molar-refractivity contribution is -0.142. The van der Waals surface area contributed by atoms with E-state index in [0.717, 1.165) is 11.1 Å². The van der Waals surface area contributed by atoms with Crippen molar-refractivity contribution in [2.45, 2.75) is 20.3 Å². The average Bonchev–Trinajstić information content (AvgIpc) is 3.15. The van der Waals surface area contributed by atoms with Crippen LogP contribution in [-0.4, -0.2) is 29.7 Å². The number of aryl methyl sites for hydroxylation is 1. The topological polar surface area (TPSA) is 89.9 Å². The molecule has 1 heterocycles. The number of benzene rings is 2. The maximum Gasteiger partial charge on any atom is 0.343 e. The summed E-state index contributed by atoms with van der Waals surface area (Å²) in [6.45, 7) is 4.03. The first-order valence-corrected chi connectivity index (χ1v) is 10.2. The maximum atomic E-state index is 12.3. The molecule has 0 spiro atoms. The Balaban J connectivity index is 1.57. The maximum absolute atomic E-state index is 12.3. The monoisotopic (exact) mass is 423 g/mol. The van der Waals surface area contributed by atoms with Crippen LogP contribution in [0.1, 0.15) is 34.1 Å². The highest BCUT2D eigenvalue weighted by atomic mass is 32.1. The quantitative estimate of drug-likeness (QED) is 0.252. The number of carbonyl (C=O) groups excluding carboxylic acids is 2. The Bertz CT molecular complexity index is 1060. The third-order valence-corrected chi connectivity index (χ3v) is 4.67. The van der Waals surface area contributed by atoms with Gasteiger partial charge in [0.2, 0.25) is 5.13 Å². The highest BCUT2D eigenvalue weighted by Crippen LogP contribution is 2.17. The van der Waals surface area contributed by atoms with Gasteiger partial charge < -0.3 is 9.47 Å². The van der Waals surface area contributed by atoms with E-state index in [1.54, 1.807) is 48.9 Å². The molecule has 0 aliphatic carbocycles. The molecule has 3 aromatic rings. The van der Waals surface area contributed by atoms with Gasteiger partial charge in [-0.3, -0.25) is 10.2 Å². The van der Waals surface area contributed by atoms with Gasteiger partial charge in [0.1, 0.15) is 5.75 Å². The molecular weight excluding hydrogens is 402 g/mol. The molecule has 0 radical (unpaired) electrons. The fraction of sp³-hybridized carbons (Fsp3) is 0.182. The van der Waals surface area contributed by atoms with Gasteiger partial charge in [0.05, 0.1) is 30.5 Å². The van der Waals surface area contributed by atoms with Gasteiger partial charge in [0, 0.05) is 5.38 Å². The van der Waals surface area contributed by atoms with Crippen LogP contribution in [0.15, 0.2) is 59.0 Å². The molecule has 0 amide bonds. The van der Waals surface area contributed by atoms with E-state index in [0.29, 0.717) is 28.7 Å². The Labute approximate surface area is 178 Å². The van der Waals surface area contributed by atoms with Crippen LogP contribution in [0.25, 0.3) is 0 Å². The van der Waals surface area contributed by atoms with Gasteiger partial charge in [-0.2, -0.15) is 5.10 Å². The molecule has 30 heavy (non-hydrogen) atoms. The summed E-state index contributed by atoms with van der Waals surface area (Å²) in [6.07, 6.45) is 1.72. The largest absolute Gasteiger partial charge is 0.466 e. The number of anilines is 1. The van der Waals surface area contributed by atoms with Crippen molar-refractivity contribution >= 4 is 34.6 Å². The van der Waals surface area contributed by atoms with Gasteiger partial charge in [-0.1, -0.05) is 29.8 Å². The molecule has 2 aromatic carbocycles. The summed E-state index contributed by atoms with van der Waals surface area (Å²) < 4.78 is 10.4. The molecular formula is C22H21N3O4S. The van der Waals surface area contributed by atoms with E-state index in [-0.39, 0.29) is 12.4 Å². The van der Waals surface area contributed by atoms with Crippen molar-refractivity contribution in [1.29, 1.82) is 0 Å². The van der Waals surface area contributed by atoms with Crippen LogP contribution < -0.4 is 10.2 Å². The Hall–Kier alpha value is -3.52. The number of ether oxygens (including phenoxy) is 2. The first-order chi connectivity index (χ1) is 14.5. The normalized spacial score (nSPS) is 10.7. The van der Waals surface area contributed by atoms with Gasteiger partial charge in [0.25, 0.3) is 0 Å². The number of nitrogens with zero attached hydrogens (tertiary/aromatic N) is 2. The molecule has 0 fully saturated rings. The van der Waals surface area contributed by atoms with E-state index < -0.39 is 5.97 Å². The lowest BCUT2D eigenvalue weighted by Gasteiger charge is -2.05. The van der Waals surface area contributed by atoms with Crippen molar-refractivity contribution in [3.05, 3.63) is 76.3 Å². The Morgan fingerprint density at radius 3 is 2.83 bits per heavy atom. The molecule has 0 saturated heterocycles. The Morgan fingerprint density at radius 2 is 2.03 bits per heavy atom. The summed E-state index contributed by atoms with van der Waals surface area (Å²) in [6, 6.07) is 14.3. The van der Waals surface area contributed by atoms with Crippen molar-refractivity contribution in [2.75, 3.05) is 12.0 Å². The van der Waals surface area contributed by atoms with Crippen molar-refractivity contribution in [3.8, 4) is 5.75 Å². The third-order valence-electron chi connectivity index (χ3n) is 3.88. The van der Waals surface area contributed by atoms with Crippen LogP contribution in [0.3, 0.4) is 0 Å². The SMILES string of the molecule is CCOC(=O)Cc1csc(NN=Cc2cccc(OC(=O)c3cccc(C)c3)c2)n1. The molecule has 0 aliphatic heterocycles. The van der Waals surface area contributed by atoms with Crippen molar-refractivity contribution in [3.63, 3.8) is 0 Å². The first kappa shape index (κ1) is 21.2. The Kier molecular flexibility index (Phi) is 7.29. The second-order valence-electron chi connectivity index (χ2n) is 6.33. The van der Waals surface area contributed by atoms with E-state index in [4.69, 9.17) is 9.47 Å². The number of rotatable bonds is 8. The lowest BCUT2D eigenvalue weighted by atomic mass is 10.1. The number of aromatic nitrogens is 1. The van der Waals surface area contributed by atoms with E-state index >= 15 is 0 Å². The summed E-state index contributed by atoms with van der Waals surface area (Å²) in [5.74, 6) is -0.297. The Morgan fingerprint density at radius 1 is 1.20 bits per heavy atom. The van der Waals surface area contributed by atoms with Crippen LogP contribution in [0.5, 0.6) is 5.75 Å². The van der Waals surface area contributed by atoms with Gasteiger partial charge in [-0.05, 0) is 43.7 Å². The fourth-order valence-corrected chi connectivity index (χ4v) is 3.22. The van der Waals surface area contributed by atoms with Crippen LogP contribution in [0.4, 0.5) is 5.13 Å². The van der Waals surface area contributed by atoms with Crippen LogP contribution in [-0.2, 0) is 16.0 Å². The zero-order valence-corrected chi connectivity index (χ0v) is 17.4. The minimum Gasteiger partial charge on any atom is -0.466 e. The average molecular weight is 423 g/mol. The van der Waals surface area contributed by atoms with Gasteiger partial charge in [-0.25, -0.2) is 9.78 Å². The predicted octanol–water partition coefficient (Wildman–Crippen LogP) is 4.22. The standard InChI is InChI=1S/C22H21N3O4S/c1-3-28-20(26)12-18-14-30-22(24-18)25-23-13-16-7-5-9-19(11-16)29-21(27)17-8-4-6-15(2)10-17/h4-11,13-14H,3,12H2,1-2H3,(H,24,25). The molecule has 3 rings (SSSR count). The summed E-state index contributed by atoms with van der Waals surface area (Å²) in [5, 5.41) is 6.49. The molecule has 0 bridgehead atoms. The second kappa shape index (κ2) is 10.3. The molecule has 1 N–H and O–H groups in total. The summed E-state index contributed by atoms with van der Waals surface area (Å²) in [4.78, 5) is 28.1. The molecule has 154 valence electrons. The number of hydrogen-bond donors (Lipinski definition) is 1.